The molecule has 4 unspecified atom stereocenters. The lowest BCUT2D eigenvalue weighted by molar-refractivity contribution is -0.123. The summed E-state index contributed by atoms with van der Waals surface area (Å²) in [5.41, 5.74) is 2.74. The van der Waals surface area contributed by atoms with Gasteiger partial charge in [-0.3, -0.25) is 4.79 Å². The Morgan fingerprint density at radius 2 is 1.91 bits per heavy atom. The smallest absolute Gasteiger partial charge is 0.237 e. The second-order valence-electron chi connectivity index (χ2n) is 7.26. The lowest BCUT2D eigenvalue weighted by atomic mass is 9.85. The molecule has 2 fully saturated rings. The van der Waals surface area contributed by atoms with Gasteiger partial charge in [0.05, 0.1) is 12.1 Å². The molecule has 2 N–H and O–H groups in total. The standard InChI is InChI=1S/C19H26N2O.ClH/c22-19(18-12-14-7-2-4-10-16(14)20-18)21-17-11-5-8-13-6-1-3-9-15(13)17;/h1,3,6,9,14,16-18,20H,2,4-5,7-8,10-12H2,(H,21,22);1H. The van der Waals surface area contributed by atoms with Crippen LogP contribution >= 0.6 is 12.4 Å². The maximum atomic E-state index is 12.7. The summed E-state index contributed by atoms with van der Waals surface area (Å²) in [5, 5.41) is 6.92. The average molecular weight is 335 g/mol. The van der Waals surface area contributed by atoms with E-state index in [-0.39, 0.29) is 30.4 Å². The fourth-order valence-electron chi connectivity index (χ4n) is 4.70. The molecule has 23 heavy (non-hydrogen) atoms. The molecule has 1 aliphatic heterocycles. The molecule has 4 heteroatoms. The average Bonchev–Trinajstić information content (AvgIpc) is 2.99. The van der Waals surface area contributed by atoms with Gasteiger partial charge in [0.25, 0.3) is 0 Å². The van der Waals surface area contributed by atoms with Crippen LogP contribution in [0.1, 0.15) is 62.1 Å². The number of halogens is 1. The number of nitrogens with one attached hydrogen (secondary N) is 2. The molecule has 1 aromatic rings. The molecular formula is C19H27ClN2O. The van der Waals surface area contributed by atoms with Crippen molar-refractivity contribution in [2.75, 3.05) is 0 Å². The van der Waals surface area contributed by atoms with Gasteiger partial charge in [-0.1, -0.05) is 37.1 Å². The fraction of sp³-hybridized carbons (Fsp3) is 0.632. The van der Waals surface area contributed by atoms with Crippen LogP contribution in [0.3, 0.4) is 0 Å². The van der Waals surface area contributed by atoms with Gasteiger partial charge in [0.2, 0.25) is 5.91 Å². The largest absolute Gasteiger partial charge is 0.348 e. The van der Waals surface area contributed by atoms with Gasteiger partial charge in [0, 0.05) is 6.04 Å². The van der Waals surface area contributed by atoms with Crippen molar-refractivity contribution >= 4 is 18.3 Å². The SMILES string of the molecule is Cl.O=C(NC1CCCc2ccccc21)C1CC2CCCCC2N1. The molecule has 4 rings (SSSR count). The van der Waals surface area contributed by atoms with Gasteiger partial charge in [0.1, 0.15) is 0 Å². The summed E-state index contributed by atoms with van der Waals surface area (Å²) in [6, 6.07) is 9.40. The highest BCUT2D eigenvalue weighted by atomic mass is 35.5. The van der Waals surface area contributed by atoms with Crippen molar-refractivity contribution in [1.82, 2.24) is 10.6 Å². The van der Waals surface area contributed by atoms with Gasteiger partial charge < -0.3 is 10.6 Å². The zero-order chi connectivity index (χ0) is 14.9. The fourth-order valence-corrected chi connectivity index (χ4v) is 4.70. The number of rotatable bonds is 2. The van der Waals surface area contributed by atoms with Gasteiger partial charge in [-0.25, -0.2) is 0 Å². The molecule has 1 saturated heterocycles. The zero-order valence-corrected chi connectivity index (χ0v) is 14.4. The predicted octanol–water partition coefficient (Wildman–Crippen LogP) is 3.52. The Balaban J connectivity index is 0.00000156. The summed E-state index contributed by atoms with van der Waals surface area (Å²) < 4.78 is 0. The second kappa shape index (κ2) is 7.23. The van der Waals surface area contributed by atoms with Crippen molar-refractivity contribution in [3.05, 3.63) is 35.4 Å². The zero-order valence-electron chi connectivity index (χ0n) is 13.6. The Morgan fingerprint density at radius 3 is 2.78 bits per heavy atom. The van der Waals surface area contributed by atoms with E-state index in [0.717, 1.165) is 25.2 Å². The molecule has 0 spiro atoms. The monoisotopic (exact) mass is 334 g/mol. The van der Waals surface area contributed by atoms with Crippen LogP contribution < -0.4 is 10.6 Å². The molecule has 1 saturated carbocycles. The van der Waals surface area contributed by atoms with Crippen LogP contribution in [0.5, 0.6) is 0 Å². The Bertz CT molecular complexity index is 548. The number of hydrogen-bond donors (Lipinski definition) is 2. The van der Waals surface area contributed by atoms with Crippen LogP contribution in [0, 0.1) is 5.92 Å². The predicted molar refractivity (Wildman–Crippen MR) is 94.8 cm³/mol. The molecule has 1 amide bonds. The first-order valence-corrected chi connectivity index (χ1v) is 8.95. The Morgan fingerprint density at radius 1 is 1.09 bits per heavy atom. The number of benzene rings is 1. The van der Waals surface area contributed by atoms with Crippen LogP contribution in [0.15, 0.2) is 24.3 Å². The molecule has 0 aromatic heterocycles. The second-order valence-corrected chi connectivity index (χ2v) is 7.26. The third-order valence-electron chi connectivity index (χ3n) is 5.87. The number of carbonyl (C=O) groups is 1. The van der Waals surface area contributed by atoms with Crippen molar-refractivity contribution in [1.29, 1.82) is 0 Å². The molecule has 3 nitrogen and oxygen atoms in total. The van der Waals surface area contributed by atoms with E-state index in [0.29, 0.717) is 6.04 Å². The summed E-state index contributed by atoms with van der Waals surface area (Å²) in [5.74, 6) is 0.944. The van der Waals surface area contributed by atoms with E-state index >= 15 is 0 Å². The van der Waals surface area contributed by atoms with Crippen molar-refractivity contribution < 1.29 is 4.79 Å². The van der Waals surface area contributed by atoms with E-state index < -0.39 is 0 Å². The van der Waals surface area contributed by atoms with Crippen LogP contribution in [-0.4, -0.2) is 18.0 Å². The van der Waals surface area contributed by atoms with Crippen LogP contribution in [0.2, 0.25) is 0 Å². The summed E-state index contributed by atoms with van der Waals surface area (Å²) in [6.45, 7) is 0. The van der Waals surface area contributed by atoms with Gasteiger partial charge in [0.15, 0.2) is 0 Å². The Hall–Kier alpha value is -1.06. The minimum atomic E-state index is 0. The maximum Gasteiger partial charge on any atom is 0.237 e. The van der Waals surface area contributed by atoms with E-state index in [1.807, 2.05) is 0 Å². The lowest BCUT2D eigenvalue weighted by Crippen LogP contribution is -2.44. The van der Waals surface area contributed by atoms with E-state index in [9.17, 15) is 4.79 Å². The van der Waals surface area contributed by atoms with E-state index in [1.165, 1.54) is 43.2 Å². The molecule has 2 aliphatic carbocycles. The lowest BCUT2D eigenvalue weighted by Gasteiger charge is -2.27. The third-order valence-corrected chi connectivity index (χ3v) is 5.87. The molecule has 0 bridgehead atoms. The minimum Gasteiger partial charge on any atom is -0.348 e. The van der Waals surface area contributed by atoms with Crippen molar-refractivity contribution in [2.24, 2.45) is 5.92 Å². The number of carbonyl (C=O) groups excluding carboxylic acids is 1. The van der Waals surface area contributed by atoms with Gasteiger partial charge in [-0.2, -0.15) is 0 Å². The Labute approximate surface area is 145 Å². The van der Waals surface area contributed by atoms with Gasteiger partial charge >= 0.3 is 0 Å². The first kappa shape index (κ1) is 16.8. The van der Waals surface area contributed by atoms with Crippen LogP contribution in [0.25, 0.3) is 0 Å². The summed E-state index contributed by atoms with van der Waals surface area (Å²) in [6.07, 6.45) is 9.63. The Kier molecular flexibility index (Phi) is 5.27. The molecule has 1 aromatic carbocycles. The highest BCUT2D eigenvalue weighted by Crippen LogP contribution is 2.34. The molecule has 1 heterocycles. The molecule has 4 atom stereocenters. The number of fused-ring (bicyclic) bond motifs is 2. The van der Waals surface area contributed by atoms with E-state index in [4.69, 9.17) is 0 Å². The maximum absolute atomic E-state index is 12.7. The van der Waals surface area contributed by atoms with Crippen molar-refractivity contribution in [2.45, 2.75) is 69.5 Å². The minimum absolute atomic E-state index is 0. The topological polar surface area (TPSA) is 41.1 Å². The first-order valence-electron chi connectivity index (χ1n) is 8.95. The van der Waals surface area contributed by atoms with Crippen molar-refractivity contribution in [3.63, 3.8) is 0 Å². The molecule has 126 valence electrons. The van der Waals surface area contributed by atoms with Crippen molar-refractivity contribution in [3.8, 4) is 0 Å². The quantitative estimate of drug-likeness (QED) is 0.868. The van der Waals surface area contributed by atoms with E-state index in [2.05, 4.69) is 34.9 Å². The molecule has 0 radical (unpaired) electrons. The molecular weight excluding hydrogens is 308 g/mol. The van der Waals surface area contributed by atoms with Gasteiger partial charge in [-0.05, 0) is 55.6 Å². The van der Waals surface area contributed by atoms with Crippen LogP contribution in [-0.2, 0) is 11.2 Å². The highest BCUT2D eigenvalue weighted by Gasteiger charge is 2.38. The van der Waals surface area contributed by atoms with Crippen LogP contribution in [0.4, 0.5) is 0 Å². The molecule has 3 aliphatic rings. The number of aryl methyl sites for hydroxylation is 1. The summed E-state index contributed by atoms with van der Waals surface area (Å²) in [4.78, 5) is 12.7. The number of hydrogen-bond acceptors (Lipinski definition) is 2. The highest BCUT2D eigenvalue weighted by molar-refractivity contribution is 5.85. The third kappa shape index (κ3) is 3.41. The number of amides is 1. The van der Waals surface area contributed by atoms with E-state index in [1.54, 1.807) is 0 Å². The normalized spacial score (nSPS) is 32.3. The van der Waals surface area contributed by atoms with Gasteiger partial charge in [-0.15, -0.1) is 12.4 Å². The summed E-state index contributed by atoms with van der Waals surface area (Å²) in [7, 11) is 0. The summed E-state index contributed by atoms with van der Waals surface area (Å²) >= 11 is 0. The first-order chi connectivity index (χ1) is 10.8.